The molecule has 2 nitrogen and oxygen atoms in total. The Labute approximate surface area is 55.7 Å². The van der Waals surface area contributed by atoms with Crippen LogP contribution in [-0.4, -0.2) is 5.91 Å². The standard InChI is InChI=1S/C7H13NO/c1-3-4-5-6(2)7(8)9/h3,6H,1,4-5H2,2H3,(H2,8,9)/t6-/m0/s1. The topological polar surface area (TPSA) is 43.1 Å². The molecule has 2 N–H and O–H groups in total. The van der Waals surface area contributed by atoms with E-state index in [1.165, 1.54) is 0 Å². The van der Waals surface area contributed by atoms with E-state index in [2.05, 4.69) is 6.58 Å². The van der Waals surface area contributed by atoms with Crippen molar-refractivity contribution in [3.63, 3.8) is 0 Å². The molecule has 0 rings (SSSR count). The van der Waals surface area contributed by atoms with Crippen LogP contribution in [0.1, 0.15) is 19.8 Å². The minimum atomic E-state index is -0.225. The van der Waals surface area contributed by atoms with Gasteiger partial charge in [-0.3, -0.25) is 4.79 Å². The van der Waals surface area contributed by atoms with E-state index in [-0.39, 0.29) is 11.8 Å². The van der Waals surface area contributed by atoms with Crippen molar-refractivity contribution < 1.29 is 4.79 Å². The molecule has 0 bridgehead atoms. The number of hydrogen-bond donors (Lipinski definition) is 1. The van der Waals surface area contributed by atoms with Crippen molar-refractivity contribution in [2.75, 3.05) is 0 Å². The van der Waals surface area contributed by atoms with E-state index < -0.39 is 0 Å². The number of nitrogens with two attached hydrogens (primary N) is 1. The first-order valence-electron chi connectivity index (χ1n) is 3.08. The van der Waals surface area contributed by atoms with E-state index in [0.29, 0.717) is 0 Å². The lowest BCUT2D eigenvalue weighted by atomic mass is 10.1. The number of rotatable bonds is 4. The summed E-state index contributed by atoms with van der Waals surface area (Å²) in [5.74, 6) is -0.236. The Kier molecular flexibility index (Phi) is 3.76. The highest BCUT2D eigenvalue weighted by Crippen LogP contribution is 2.03. The van der Waals surface area contributed by atoms with E-state index in [1.54, 1.807) is 6.08 Å². The van der Waals surface area contributed by atoms with Crippen LogP contribution in [0.25, 0.3) is 0 Å². The van der Waals surface area contributed by atoms with Gasteiger partial charge in [0.05, 0.1) is 0 Å². The summed E-state index contributed by atoms with van der Waals surface area (Å²) in [7, 11) is 0. The minimum Gasteiger partial charge on any atom is -0.369 e. The van der Waals surface area contributed by atoms with Crippen molar-refractivity contribution in [2.45, 2.75) is 19.8 Å². The maximum absolute atomic E-state index is 10.4. The van der Waals surface area contributed by atoms with Gasteiger partial charge in [-0.1, -0.05) is 13.0 Å². The quantitative estimate of drug-likeness (QED) is 0.564. The summed E-state index contributed by atoms with van der Waals surface area (Å²) in [6.45, 7) is 5.37. The molecule has 2 heteroatoms. The summed E-state index contributed by atoms with van der Waals surface area (Å²) in [6.07, 6.45) is 3.47. The molecule has 0 saturated carbocycles. The first-order valence-corrected chi connectivity index (χ1v) is 3.08. The van der Waals surface area contributed by atoms with Gasteiger partial charge in [-0.2, -0.15) is 0 Å². The number of allylic oxidation sites excluding steroid dienone is 1. The number of amides is 1. The molecule has 0 aliphatic heterocycles. The van der Waals surface area contributed by atoms with Gasteiger partial charge in [-0.25, -0.2) is 0 Å². The SMILES string of the molecule is C=CCC[C@H](C)C(N)=O. The predicted octanol–water partition coefficient (Wildman–Crippen LogP) is 1.07. The lowest BCUT2D eigenvalue weighted by Gasteiger charge is -2.02. The van der Waals surface area contributed by atoms with E-state index in [1.807, 2.05) is 6.92 Å². The van der Waals surface area contributed by atoms with Gasteiger partial charge in [0.15, 0.2) is 0 Å². The van der Waals surface area contributed by atoms with Crippen LogP contribution in [-0.2, 0) is 4.79 Å². The number of carbonyl (C=O) groups is 1. The molecule has 0 unspecified atom stereocenters. The Morgan fingerprint density at radius 3 is 2.78 bits per heavy atom. The summed E-state index contributed by atoms with van der Waals surface area (Å²) in [6, 6.07) is 0. The Morgan fingerprint density at radius 2 is 2.44 bits per heavy atom. The molecule has 0 aromatic carbocycles. The second kappa shape index (κ2) is 4.13. The van der Waals surface area contributed by atoms with E-state index in [0.717, 1.165) is 12.8 Å². The molecule has 0 aliphatic rings. The third-order valence-corrected chi connectivity index (χ3v) is 1.29. The number of hydrogen-bond acceptors (Lipinski definition) is 1. The molecule has 0 fully saturated rings. The zero-order valence-electron chi connectivity index (χ0n) is 5.76. The maximum atomic E-state index is 10.4. The average molecular weight is 127 g/mol. The molecule has 0 aliphatic carbocycles. The Morgan fingerprint density at radius 1 is 1.89 bits per heavy atom. The molecule has 0 aromatic rings. The molecule has 0 aromatic heterocycles. The van der Waals surface area contributed by atoms with Crippen LogP contribution in [0.3, 0.4) is 0 Å². The predicted molar refractivity (Wildman–Crippen MR) is 37.8 cm³/mol. The minimum absolute atomic E-state index is 0.0111. The molecule has 9 heavy (non-hydrogen) atoms. The molecule has 0 heterocycles. The fourth-order valence-electron chi connectivity index (χ4n) is 0.510. The van der Waals surface area contributed by atoms with E-state index >= 15 is 0 Å². The van der Waals surface area contributed by atoms with Crippen LogP contribution < -0.4 is 5.73 Å². The van der Waals surface area contributed by atoms with Crippen molar-refractivity contribution in [3.8, 4) is 0 Å². The molecule has 1 amide bonds. The first-order chi connectivity index (χ1) is 4.18. The Bertz CT molecular complexity index is 109. The second-order valence-corrected chi connectivity index (χ2v) is 2.17. The molecule has 1 atom stereocenters. The Hall–Kier alpha value is -0.790. The summed E-state index contributed by atoms with van der Waals surface area (Å²) in [5.41, 5.74) is 5.00. The average Bonchev–Trinajstić information content (AvgIpc) is 1.82. The van der Waals surface area contributed by atoms with Gasteiger partial charge < -0.3 is 5.73 Å². The number of primary amides is 1. The van der Waals surface area contributed by atoms with Gasteiger partial charge >= 0.3 is 0 Å². The summed E-state index contributed by atoms with van der Waals surface area (Å²) >= 11 is 0. The zero-order valence-corrected chi connectivity index (χ0v) is 5.76. The molecule has 0 saturated heterocycles. The van der Waals surface area contributed by atoms with Crippen molar-refractivity contribution in [3.05, 3.63) is 12.7 Å². The van der Waals surface area contributed by atoms with Crippen LogP contribution in [0.2, 0.25) is 0 Å². The van der Waals surface area contributed by atoms with Crippen LogP contribution in [0.15, 0.2) is 12.7 Å². The Balaban J connectivity index is 3.37. The fraction of sp³-hybridized carbons (Fsp3) is 0.571. The highest BCUT2D eigenvalue weighted by molar-refractivity contribution is 5.76. The van der Waals surface area contributed by atoms with E-state index in [9.17, 15) is 4.79 Å². The van der Waals surface area contributed by atoms with Crippen LogP contribution in [0, 0.1) is 5.92 Å². The fourth-order valence-corrected chi connectivity index (χ4v) is 0.510. The second-order valence-electron chi connectivity index (χ2n) is 2.17. The summed E-state index contributed by atoms with van der Waals surface area (Å²) in [4.78, 5) is 10.4. The largest absolute Gasteiger partial charge is 0.369 e. The van der Waals surface area contributed by atoms with Crippen molar-refractivity contribution in [1.29, 1.82) is 0 Å². The van der Waals surface area contributed by atoms with Gasteiger partial charge in [0, 0.05) is 5.92 Å². The zero-order chi connectivity index (χ0) is 7.28. The molecule has 52 valence electrons. The smallest absolute Gasteiger partial charge is 0.220 e. The van der Waals surface area contributed by atoms with Crippen LogP contribution in [0.4, 0.5) is 0 Å². The highest BCUT2D eigenvalue weighted by atomic mass is 16.1. The summed E-state index contributed by atoms with van der Waals surface area (Å²) in [5, 5.41) is 0. The van der Waals surface area contributed by atoms with Crippen molar-refractivity contribution in [2.24, 2.45) is 11.7 Å². The third-order valence-electron chi connectivity index (χ3n) is 1.29. The maximum Gasteiger partial charge on any atom is 0.220 e. The highest BCUT2D eigenvalue weighted by Gasteiger charge is 2.05. The van der Waals surface area contributed by atoms with Crippen LogP contribution in [0.5, 0.6) is 0 Å². The first kappa shape index (κ1) is 8.21. The van der Waals surface area contributed by atoms with Gasteiger partial charge in [-0.15, -0.1) is 6.58 Å². The lowest BCUT2D eigenvalue weighted by molar-refractivity contribution is -0.121. The molecular weight excluding hydrogens is 114 g/mol. The van der Waals surface area contributed by atoms with Gasteiger partial charge in [0.25, 0.3) is 0 Å². The van der Waals surface area contributed by atoms with E-state index in [4.69, 9.17) is 5.73 Å². The van der Waals surface area contributed by atoms with Gasteiger partial charge in [0.2, 0.25) is 5.91 Å². The van der Waals surface area contributed by atoms with Crippen LogP contribution >= 0.6 is 0 Å². The van der Waals surface area contributed by atoms with Crippen molar-refractivity contribution >= 4 is 5.91 Å². The molecule has 0 spiro atoms. The van der Waals surface area contributed by atoms with Crippen molar-refractivity contribution in [1.82, 2.24) is 0 Å². The third kappa shape index (κ3) is 3.76. The van der Waals surface area contributed by atoms with Gasteiger partial charge in [0.1, 0.15) is 0 Å². The normalized spacial score (nSPS) is 12.6. The molecule has 0 radical (unpaired) electrons. The molecular formula is C7H13NO. The van der Waals surface area contributed by atoms with Gasteiger partial charge in [-0.05, 0) is 12.8 Å². The monoisotopic (exact) mass is 127 g/mol. The summed E-state index contributed by atoms with van der Waals surface area (Å²) < 4.78 is 0. The number of carbonyl (C=O) groups excluding carboxylic acids is 1. The lowest BCUT2D eigenvalue weighted by Crippen LogP contribution is -2.19.